The van der Waals surface area contributed by atoms with Crippen LogP contribution in [-0.2, 0) is 12.0 Å². The van der Waals surface area contributed by atoms with Gasteiger partial charge in [0, 0.05) is 41.9 Å². The molecule has 1 saturated carbocycles. The second-order valence-electron chi connectivity index (χ2n) is 9.25. The van der Waals surface area contributed by atoms with E-state index in [2.05, 4.69) is 38.2 Å². The molecule has 4 rings (SSSR count). The van der Waals surface area contributed by atoms with Gasteiger partial charge in [-0.15, -0.1) is 17.0 Å². The lowest BCUT2D eigenvalue weighted by atomic mass is 9.84. The third-order valence-corrected chi connectivity index (χ3v) is 5.92. The van der Waals surface area contributed by atoms with Crippen molar-refractivity contribution in [3.63, 3.8) is 0 Å². The van der Waals surface area contributed by atoms with E-state index in [0.717, 1.165) is 34.0 Å². The van der Waals surface area contributed by atoms with Crippen molar-refractivity contribution >= 4 is 34.3 Å². The summed E-state index contributed by atoms with van der Waals surface area (Å²) >= 11 is 0. The van der Waals surface area contributed by atoms with Crippen molar-refractivity contribution in [3.8, 4) is 5.75 Å². The molecule has 166 valence electrons. The van der Waals surface area contributed by atoms with Crippen LogP contribution in [0.15, 0.2) is 24.3 Å². The molecule has 31 heavy (non-hydrogen) atoms. The van der Waals surface area contributed by atoms with E-state index in [9.17, 15) is 4.79 Å². The Morgan fingerprint density at radius 1 is 1.29 bits per heavy atom. The fraction of sp³-hybridized carbons (Fsp3) is 0.458. The Balaban J connectivity index is 0.00000272. The van der Waals surface area contributed by atoms with Gasteiger partial charge in [0.15, 0.2) is 5.78 Å². The summed E-state index contributed by atoms with van der Waals surface area (Å²) in [5, 5.41) is 11.7. The molecule has 0 saturated heterocycles. The minimum atomic E-state index is -0.174. The summed E-state index contributed by atoms with van der Waals surface area (Å²) in [5.41, 5.74) is 5.06. The molecule has 0 spiro atoms. The first-order valence-electron chi connectivity index (χ1n) is 10.5. The second kappa shape index (κ2) is 8.61. The number of fused-ring (bicyclic) bond motifs is 1. The number of aromatic nitrogens is 1. The number of nitrogens with zero attached hydrogens (tertiary/aromatic N) is 2. The smallest absolute Gasteiger partial charge is 0.182 e. The third kappa shape index (κ3) is 4.47. The first-order chi connectivity index (χ1) is 14.2. The molecule has 7 heteroatoms. The van der Waals surface area contributed by atoms with Gasteiger partial charge in [0.2, 0.25) is 0 Å². The molecule has 6 nitrogen and oxygen atoms in total. The molecule has 0 bridgehead atoms. The maximum Gasteiger partial charge on any atom is 0.182 e. The molecule has 2 heterocycles. The lowest BCUT2D eigenvalue weighted by molar-refractivity contribution is 0.0962. The molecule has 2 aromatic rings. The first-order valence-corrected chi connectivity index (χ1v) is 10.5. The zero-order chi connectivity index (χ0) is 21.6. The number of carbonyl (C=O) groups excluding carboxylic acids is 1. The maximum absolute atomic E-state index is 13.2. The number of ketones is 1. The average molecular weight is 487 g/mol. The van der Waals surface area contributed by atoms with Gasteiger partial charge in [-0.3, -0.25) is 10.2 Å². The Morgan fingerprint density at radius 2 is 2.00 bits per heavy atom. The zero-order valence-electron chi connectivity index (χ0n) is 18.8. The van der Waals surface area contributed by atoms with Gasteiger partial charge in [-0.25, -0.2) is 4.98 Å². The number of halogens is 1. The van der Waals surface area contributed by atoms with Crippen LogP contribution in [0.25, 0.3) is 0 Å². The van der Waals surface area contributed by atoms with Crippen molar-refractivity contribution in [3.05, 3.63) is 52.3 Å². The number of amidine groups is 1. The van der Waals surface area contributed by atoms with Gasteiger partial charge in [0.1, 0.15) is 17.3 Å². The number of anilines is 1. The lowest BCUT2D eigenvalue weighted by Gasteiger charge is -2.25. The molecule has 2 N–H and O–H groups in total. The lowest BCUT2D eigenvalue weighted by Crippen LogP contribution is -2.30. The summed E-state index contributed by atoms with van der Waals surface area (Å²) in [6.07, 6.45) is 2.37. The normalized spacial score (nSPS) is 15.4. The first kappa shape index (κ1) is 23.3. The van der Waals surface area contributed by atoms with Gasteiger partial charge < -0.3 is 15.0 Å². The average Bonchev–Trinajstić information content (AvgIpc) is 3.52. The van der Waals surface area contributed by atoms with Crippen molar-refractivity contribution in [2.45, 2.75) is 51.5 Å². The van der Waals surface area contributed by atoms with Gasteiger partial charge in [-0.1, -0.05) is 26.8 Å². The standard InChI is InChI=1S/C24H30N4O2.BrH/c1-24(2,3)17-10-16(11-19(26-4)22(17)30-5)20(29)13-28-12-15-8-9-18(14-6-7-14)27-21(15)23(28)25;/h8-11,14,25-26H,6-7,12-13H2,1-5H3;1H. The highest BCUT2D eigenvalue weighted by molar-refractivity contribution is 8.93. The van der Waals surface area contributed by atoms with Crippen LogP contribution in [0, 0.1) is 5.41 Å². The molecule has 2 aliphatic rings. The SMILES string of the molecule is Br.CNc1cc(C(=O)CN2Cc3ccc(C4CC4)nc3C2=N)cc(C(C)(C)C)c1OC. The van der Waals surface area contributed by atoms with Crippen LogP contribution in [0.1, 0.15) is 72.4 Å². The molecule has 1 aromatic heterocycles. The van der Waals surface area contributed by atoms with Gasteiger partial charge in [0.05, 0.1) is 19.3 Å². The molecule has 0 radical (unpaired) electrons. The summed E-state index contributed by atoms with van der Waals surface area (Å²) in [7, 11) is 3.48. The summed E-state index contributed by atoms with van der Waals surface area (Å²) in [6.45, 7) is 7.03. The van der Waals surface area contributed by atoms with E-state index in [4.69, 9.17) is 15.1 Å². The predicted molar refractivity (Wildman–Crippen MR) is 129 cm³/mol. The summed E-state index contributed by atoms with van der Waals surface area (Å²) in [6, 6.07) is 7.91. The minimum absolute atomic E-state index is 0. The Labute approximate surface area is 194 Å². The topological polar surface area (TPSA) is 78.3 Å². The molecule has 1 aromatic carbocycles. The van der Waals surface area contributed by atoms with Crippen LogP contribution < -0.4 is 10.1 Å². The number of Topliss-reactive ketones (excluding diaryl/α,β-unsaturated/α-hetero) is 1. The van der Waals surface area contributed by atoms with Gasteiger partial charge in [0.25, 0.3) is 0 Å². The van der Waals surface area contributed by atoms with Crippen LogP contribution in [-0.4, -0.2) is 42.2 Å². The van der Waals surface area contributed by atoms with E-state index in [0.29, 0.717) is 23.9 Å². The monoisotopic (exact) mass is 486 g/mol. The largest absolute Gasteiger partial charge is 0.494 e. The molecular formula is C24H31BrN4O2. The second-order valence-corrected chi connectivity index (χ2v) is 9.25. The number of rotatable bonds is 6. The van der Waals surface area contributed by atoms with Crippen LogP contribution in [0.5, 0.6) is 5.75 Å². The van der Waals surface area contributed by atoms with Crippen molar-refractivity contribution in [2.75, 3.05) is 26.0 Å². The predicted octanol–water partition coefficient (Wildman–Crippen LogP) is 4.91. The Morgan fingerprint density at radius 3 is 2.58 bits per heavy atom. The zero-order valence-corrected chi connectivity index (χ0v) is 20.5. The highest BCUT2D eigenvalue weighted by atomic mass is 79.9. The van der Waals surface area contributed by atoms with E-state index in [1.807, 2.05) is 24.1 Å². The van der Waals surface area contributed by atoms with Gasteiger partial charge in [-0.2, -0.15) is 0 Å². The fourth-order valence-corrected chi connectivity index (χ4v) is 4.03. The van der Waals surface area contributed by atoms with Crippen LogP contribution in [0.4, 0.5) is 5.69 Å². The van der Waals surface area contributed by atoms with Crippen molar-refractivity contribution in [2.24, 2.45) is 0 Å². The molecule has 0 atom stereocenters. The van der Waals surface area contributed by atoms with Crippen molar-refractivity contribution < 1.29 is 9.53 Å². The van der Waals surface area contributed by atoms with E-state index in [1.54, 1.807) is 7.11 Å². The molecule has 1 fully saturated rings. The van der Waals surface area contributed by atoms with E-state index in [-0.39, 0.29) is 34.7 Å². The number of hydrogen-bond donors (Lipinski definition) is 2. The molecular weight excluding hydrogens is 456 g/mol. The van der Waals surface area contributed by atoms with Crippen molar-refractivity contribution in [1.82, 2.24) is 9.88 Å². The maximum atomic E-state index is 13.2. The summed E-state index contributed by atoms with van der Waals surface area (Å²) < 4.78 is 5.63. The van der Waals surface area contributed by atoms with Gasteiger partial charge >= 0.3 is 0 Å². The Bertz CT molecular complexity index is 1020. The van der Waals surface area contributed by atoms with E-state index in [1.165, 1.54) is 12.8 Å². The Kier molecular flexibility index (Phi) is 6.46. The molecule has 1 aliphatic heterocycles. The number of pyridine rings is 1. The van der Waals surface area contributed by atoms with Crippen molar-refractivity contribution in [1.29, 1.82) is 5.41 Å². The summed E-state index contributed by atoms with van der Waals surface area (Å²) in [4.78, 5) is 19.7. The van der Waals surface area contributed by atoms with Crippen LogP contribution >= 0.6 is 17.0 Å². The molecule has 0 unspecified atom stereocenters. The Hall–Kier alpha value is -2.41. The van der Waals surface area contributed by atoms with E-state index < -0.39 is 0 Å². The van der Waals surface area contributed by atoms with E-state index >= 15 is 0 Å². The number of nitrogens with one attached hydrogen (secondary N) is 2. The van der Waals surface area contributed by atoms with Crippen LogP contribution in [0.2, 0.25) is 0 Å². The number of methoxy groups -OCH3 is 1. The fourth-order valence-electron chi connectivity index (χ4n) is 4.03. The number of hydrogen-bond acceptors (Lipinski definition) is 5. The summed E-state index contributed by atoms with van der Waals surface area (Å²) in [5.74, 6) is 1.65. The number of carbonyl (C=O) groups is 1. The quantitative estimate of drug-likeness (QED) is 0.567. The minimum Gasteiger partial charge on any atom is -0.494 e. The number of ether oxygens (including phenoxy) is 1. The van der Waals surface area contributed by atoms with Gasteiger partial charge in [-0.05, 0) is 36.5 Å². The number of benzene rings is 1. The van der Waals surface area contributed by atoms with Crippen LogP contribution in [0.3, 0.4) is 0 Å². The third-order valence-electron chi connectivity index (χ3n) is 5.92. The highest BCUT2D eigenvalue weighted by Gasteiger charge is 2.32. The molecule has 1 aliphatic carbocycles. The molecule has 0 amide bonds. The highest BCUT2D eigenvalue weighted by Crippen LogP contribution is 2.40.